The molecule has 4 nitrogen and oxygen atoms in total. The third-order valence-electron chi connectivity index (χ3n) is 1.61. The van der Waals surface area contributed by atoms with Crippen molar-refractivity contribution in [1.29, 1.82) is 0 Å². The molecule has 0 heterocycles. The van der Waals surface area contributed by atoms with Crippen LogP contribution in [0.3, 0.4) is 0 Å². The van der Waals surface area contributed by atoms with Crippen molar-refractivity contribution in [2.75, 3.05) is 7.11 Å². The van der Waals surface area contributed by atoms with E-state index in [1.807, 2.05) is 0 Å². The topological polar surface area (TPSA) is 66.8 Å². The van der Waals surface area contributed by atoms with Crippen LogP contribution in [0, 0.1) is 0 Å². The molecule has 2 N–H and O–H groups in total. The van der Waals surface area contributed by atoms with Crippen molar-refractivity contribution < 1.29 is 50.7 Å². The largest absolute Gasteiger partial charge is 1.00 e. The number of hydrogen-bond donors (Lipinski definition) is 2. The minimum Gasteiger partial charge on any atom is -1.00 e. The summed E-state index contributed by atoms with van der Waals surface area (Å²) in [5.41, 5.74) is 0.246. The number of carbonyl (C=O) groups is 1. The van der Waals surface area contributed by atoms with Crippen molar-refractivity contribution in [3.05, 3.63) is 29.8 Å². The second-order valence-electron chi connectivity index (χ2n) is 2.47. The van der Waals surface area contributed by atoms with Gasteiger partial charge in [0.15, 0.2) is 0 Å². The van der Waals surface area contributed by atoms with Crippen LogP contribution >= 0.6 is 0 Å². The minimum absolute atomic E-state index is 0. The summed E-state index contributed by atoms with van der Waals surface area (Å²) in [4.78, 5) is 11.0. The van der Waals surface area contributed by atoms with E-state index in [-0.39, 0.29) is 36.5 Å². The van der Waals surface area contributed by atoms with Crippen molar-refractivity contribution in [3.8, 4) is 5.75 Å². The van der Waals surface area contributed by atoms with Gasteiger partial charge in [-0.2, -0.15) is 0 Å². The van der Waals surface area contributed by atoms with Crippen LogP contribution in [0.25, 0.3) is 0 Å². The maximum Gasteiger partial charge on any atom is 1.00 e. The molecule has 0 amide bonds. The zero-order valence-corrected chi connectivity index (χ0v) is 10.1. The average molecular weight is 206 g/mol. The molecule has 0 fully saturated rings. The number of Topliss-reactive ketones (excluding diaryl/α,β-unsaturated/α-hetero) is 1. The summed E-state index contributed by atoms with van der Waals surface area (Å²) in [7, 11) is 1.51. The van der Waals surface area contributed by atoms with Crippen molar-refractivity contribution in [2.45, 2.75) is 6.29 Å². The van der Waals surface area contributed by atoms with Crippen LogP contribution in [-0.4, -0.2) is 29.4 Å². The molecule has 0 aromatic heterocycles. The number of carbonyl (C=O) groups excluding carboxylic acids is 1. The number of hydrogen-bond acceptors (Lipinski definition) is 4. The Bertz CT molecular complexity index is 299. The van der Waals surface area contributed by atoms with Crippen molar-refractivity contribution in [2.24, 2.45) is 0 Å². The smallest absolute Gasteiger partial charge is 1.00 e. The SMILES string of the molecule is COc1ccc(C(=O)C(O)O)cc1.[H-].[Na+]. The first kappa shape index (κ1) is 13.6. The van der Waals surface area contributed by atoms with Crippen LogP contribution in [0.5, 0.6) is 5.75 Å². The van der Waals surface area contributed by atoms with Gasteiger partial charge in [-0.25, -0.2) is 0 Å². The first-order chi connectivity index (χ1) is 6.15. The molecular weight excluding hydrogens is 195 g/mol. The molecule has 14 heavy (non-hydrogen) atoms. The number of ketones is 1. The number of aliphatic hydroxyl groups is 2. The second-order valence-corrected chi connectivity index (χ2v) is 2.47. The summed E-state index contributed by atoms with van der Waals surface area (Å²) in [5.74, 6) is -0.105. The van der Waals surface area contributed by atoms with Gasteiger partial charge in [0, 0.05) is 5.56 Å². The van der Waals surface area contributed by atoms with E-state index in [9.17, 15) is 4.79 Å². The Balaban J connectivity index is 0. The van der Waals surface area contributed by atoms with Crippen LogP contribution in [0.2, 0.25) is 0 Å². The van der Waals surface area contributed by atoms with E-state index in [1.165, 1.54) is 19.2 Å². The number of benzene rings is 1. The van der Waals surface area contributed by atoms with Crippen LogP contribution in [0.1, 0.15) is 11.8 Å². The Morgan fingerprint density at radius 1 is 1.36 bits per heavy atom. The minimum atomic E-state index is -1.95. The number of rotatable bonds is 3. The molecule has 0 saturated carbocycles. The van der Waals surface area contributed by atoms with Crippen LogP contribution in [0.4, 0.5) is 0 Å². The van der Waals surface area contributed by atoms with Gasteiger partial charge in [0.2, 0.25) is 12.1 Å². The Labute approximate surface area is 105 Å². The maximum absolute atomic E-state index is 11.0. The van der Waals surface area contributed by atoms with Crippen LogP contribution < -0.4 is 34.3 Å². The van der Waals surface area contributed by atoms with Gasteiger partial charge in [-0.05, 0) is 24.3 Å². The van der Waals surface area contributed by atoms with Gasteiger partial charge in [-0.1, -0.05) is 0 Å². The van der Waals surface area contributed by atoms with E-state index in [0.29, 0.717) is 5.75 Å². The standard InChI is InChI=1S/C9H10O4.Na.H/c1-13-7-4-2-6(3-5-7)8(10)9(11)12;;/h2-5,9,11-12H,1H3;;/q;+1;-1. The Morgan fingerprint density at radius 2 is 1.86 bits per heavy atom. The molecule has 0 bridgehead atoms. The quantitative estimate of drug-likeness (QED) is 0.321. The number of methoxy groups -OCH3 is 1. The van der Waals surface area contributed by atoms with Gasteiger partial charge in [0.1, 0.15) is 5.75 Å². The van der Waals surface area contributed by atoms with E-state index < -0.39 is 12.1 Å². The average Bonchev–Trinajstić information content (AvgIpc) is 2.17. The molecule has 0 unspecified atom stereocenters. The fraction of sp³-hybridized carbons (Fsp3) is 0.222. The third kappa shape index (κ3) is 3.40. The summed E-state index contributed by atoms with van der Waals surface area (Å²) in [5, 5.41) is 17.2. The van der Waals surface area contributed by atoms with Crippen molar-refractivity contribution in [1.82, 2.24) is 0 Å². The van der Waals surface area contributed by atoms with Crippen LogP contribution in [-0.2, 0) is 0 Å². The van der Waals surface area contributed by atoms with E-state index in [2.05, 4.69) is 0 Å². The van der Waals surface area contributed by atoms with E-state index in [1.54, 1.807) is 12.1 Å². The van der Waals surface area contributed by atoms with Gasteiger partial charge in [-0.15, -0.1) is 0 Å². The van der Waals surface area contributed by atoms with E-state index in [4.69, 9.17) is 14.9 Å². The molecule has 0 atom stereocenters. The summed E-state index contributed by atoms with van der Waals surface area (Å²) >= 11 is 0. The normalized spacial score (nSPS) is 9.43. The van der Waals surface area contributed by atoms with Gasteiger partial charge < -0.3 is 16.4 Å². The van der Waals surface area contributed by atoms with Crippen molar-refractivity contribution >= 4 is 5.78 Å². The molecule has 0 radical (unpaired) electrons. The van der Waals surface area contributed by atoms with Gasteiger partial charge in [0.05, 0.1) is 7.11 Å². The number of aliphatic hydroxyl groups excluding tert-OH is 1. The van der Waals surface area contributed by atoms with E-state index >= 15 is 0 Å². The molecule has 1 rings (SSSR count). The second kappa shape index (κ2) is 6.16. The van der Waals surface area contributed by atoms with Crippen LogP contribution in [0.15, 0.2) is 24.3 Å². The first-order valence-corrected chi connectivity index (χ1v) is 3.69. The molecule has 0 aliphatic rings. The maximum atomic E-state index is 11.0. The van der Waals surface area contributed by atoms with Gasteiger partial charge in [0.25, 0.3) is 0 Å². The Morgan fingerprint density at radius 3 is 2.21 bits per heavy atom. The zero-order valence-electron chi connectivity index (χ0n) is 9.10. The fourth-order valence-corrected chi connectivity index (χ4v) is 0.904. The molecular formula is C9H11NaO4. The predicted molar refractivity (Wildman–Crippen MR) is 46.7 cm³/mol. The number of ether oxygens (including phenoxy) is 1. The third-order valence-corrected chi connectivity index (χ3v) is 1.61. The molecule has 0 saturated heterocycles. The molecule has 1 aromatic rings. The van der Waals surface area contributed by atoms with E-state index in [0.717, 1.165) is 0 Å². The molecule has 0 aliphatic heterocycles. The van der Waals surface area contributed by atoms with Gasteiger partial charge >= 0.3 is 29.6 Å². The molecule has 1 aromatic carbocycles. The molecule has 72 valence electrons. The molecule has 0 aliphatic carbocycles. The summed E-state index contributed by atoms with van der Waals surface area (Å²) < 4.78 is 4.87. The fourth-order valence-electron chi connectivity index (χ4n) is 0.904. The Hall–Kier alpha value is -0.390. The first-order valence-electron chi connectivity index (χ1n) is 3.69. The summed E-state index contributed by atoms with van der Waals surface area (Å²) in [6, 6.07) is 6.10. The Kier molecular flexibility index (Phi) is 5.99. The molecule has 0 spiro atoms. The zero-order chi connectivity index (χ0) is 9.84. The van der Waals surface area contributed by atoms with Crippen molar-refractivity contribution in [3.63, 3.8) is 0 Å². The van der Waals surface area contributed by atoms with Gasteiger partial charge in [-0.3, -0.25) is 4.79 Å². The summed E-state index contributed by atoms with van der Waals surface area (Å²) in [6.07, 6.45) is -1.95. The monoisotopic (exact) mass is 206 g/mol. The summed E-state index contributed by atoms with van der Waals surface area (Å²) in [6.45, 7) is 0. The predicted octanol–water partition coefficient (Wildman–Crippen LogP) is -2.69. The molecule has 5 heteroatoms.